The van der Waals surface area contributed by atoms with Crippen LogP contribution in [0.3, 0.4) is 0 Å². The summed E-state index contributed by atoms with van der Waals surface area (Å²) >= 11 is 0. The van der Waals surface area contributed by atoms with Gasteiger partial charge in [-0.3, -0.25) is 10.1 Å². The quantitative estimate of drug-likeness (QED) is 0.571. The summed E-state index contributed by atoms with van der Waals surface area (Å²) in [6.07, 6.45) is 2.01. The highest BCUT2D eigenvalue weighted by atomic mass is 16.6. The molecule has 5 heteroatoms. The van der Waals surface area contributed by atoms with Crippen LogP contribution in [-0.4, -0.2) is 11.5 Å². The Labute approximate surface area is 106 Å². The molecule has 5 nitrogen and oxygen atoms in total. The molecule has 0 atom stereocenters. The minimum absolute atomic E-state index is 0.0959. The molecule has 0 radical (unpaired) electrons. The first-order valence-corrected chi connectivity index (χ1v) is 5.93. The number of nitro benzene ring substituents is 1. The van der Waals surface area contributed by atoms with E-state index in [1.165, 1.54) is 18.2 Å². The third kappa shape index (κ3) is 3.45. The molecule has 0 bridgehead atoms. The van der Waals surface area contributed by atoms with Crippen molar-refractivity contribution in [3.05, 3.63) is 33.9 Å². The van der Waals surface area contributed by atoms with E-state index >= 15 is 0 Å². The summed E-state index contributed by atoms with van der Waals surface area (Å²) in [5, 5.41) is 19.5. The zero-order valence-electron chi connectivity index (χ0n) is 10.5. The van der Waals surface area contributed by atoms with Gasteiger partial charge in [-0.15, -0.1) is 0 Å². The molecular formula is C13H16N2O3. The van der Waals surface area contributed by atoms with Crippen molar-refractivity contribution in [3.8, 4) is 11.8 Å². The van der Waals surface area contributed by atoms with Crippen LogP contribution in [0.4, 0.5) is 5.69 Å². The number of nitro groups is 1. The minimum atomic E-state index is -0.522. The number of nitriles is 1. The van der Waals surface area contributed by atoms with Crippen molar-refractivity contribution in [1.29, 1.82) is 5.26 Å². The second kappa shape index (κ2) is 6.60. The maximum absolute atomic E-state index is 10.6. The first kappa shape index (κ1) is 14.0. The van der Waals surface area contributed by atoms with Gasteiger partial charge in [0, 0.05) is 12.1 Å². The van der Waals surface area contributed by atoms with Crippen LogP contribution in [0.5, 0.6) is 5.75 Å². The molecule has 0 unspecified atom stereocenters. The lowest BCUT2D eigenvalue weighted by Crippen LogP contribution is -2.10. The van der Waals surface area contributed by atoms with Crippen LogP contribution in [-0.2, 0) is 0 Å². The van der Waals surface area contributed by atoms with E-state index in [2.05, 4.69) is 13.8 Å². The van der Waals surface area contributed by atoms with E-state index in [9.17, 15) is 10.1 Å². The van der Waals surface area contributed by atoms with E-state index in [1.54, 1.807) is 0 Å². The fraction of sp³-hybridized carbons (Fsp3) is 0.462. The molecule has 0 fully saturated rings. The van der Waals surface area contributed by atoms with Gasteiger partial charge in [0.25, 0.3) is 5.69 Å². The lowest BCUT2D eigenvalue weighted by Gasteiger charge is -2.14. The summed E-state index contributed by atoms with van der Waals surface area (Å²) in [4.78, 5) is 10.1. The average molecular weight is 248 g/mol. The summed E-state index contributed by atoms with van der Waals surface area (Å²) in [5.74, 6) is 0.849. The Bertz CT molecular complexity index is 462. The number of ether oxygens (including phenoxy) is 1. The van der Waals surface area contributed by atoms with Gasteiger partial charge < -0.3 is 4.74 Å². The molecule has 0 aromatic heterocycles. The Kier molecular flexibility index (Phi) is 5.12. The summed E-state index contributed by atoms with van der Waals surface area (Å²) < 4.78 is 5.56. The normalized spacial score (nSPS) is 10.1. The SMILES string of the molecule is CCC(CC)COc1ccc([N+](=O)[O-])cc1C#N. The van der Waals surface area contributed by atoms with Crippen molar-refractivity contribution >= 4 is 5.69 Å². The number of benzene rings is 1. The van der Waals surface area contributed by atoms with E-state index < -0.39 is 4.92 Å². The molecule has 0 heterocycles. The van der Waals surface area contributed by atoms with Gasteiger partial charge in [-0.25, -0.2) is 0 Å². The van der Waals surface area contributed by atoms with Crippen molar-refractivity contribution in [1.82, 2.24) is 0 Å². The standard InChI is InChI=1S/C13H16N2O3/c1-3-10(4-2)9-18-13-6-5-12(15(16)17)7-11(13)8-14/h5-7,10H,3-4,9H2,1-2H3. The molecule has 0 saturated carbocycles. The first-order chi connectivity index (χ1) is 8.62. The molecule has 0 saturated heterocycles. The second-order valence-electron chi connectivity index (χ2n) is 4.04. The first-order valence-electron chi connectivity index (χ1n) is 5.93. The van der Waals surface area contributed by atoms with Gasteiger partial charge in [-0.05, 0) is 12.0 Å². The zero-order valence-corrected chi connectivity index (χ0v) is 10.5. The molecule has 0 N–H and O–H groups in total. The van der Waals surface area contributed by atoms with Gasteiger partial charge in [0.2, 0.25) is 0 Å². The largest absolute Gasteiger partial charge is 0.492 e. The third-order valence-corrected chi connectivity index (χ3v) is 2.92. The molecule has 1 aromatic carbocycles. The molecule has 1 rings (SSSR count). The van der Waals surface area contributed by atoms with Gasteiger partial charge in [-0.2, -0.15) is 5.26 Å². The zero-order chi connectivity index (χ0) is 13.5. The predicted molar refractivity (Wildman–Crippen MR) is 67.4 cm³/mol. The predicted octanol–water partition coefficient (Wildman–Crippen LogP) is 3.28. The third-order valence-electron chi connectivity index (χ3n) is 2.92. The summed E-state index contributed by atoms with van der Waals surface area (Å²) in [7, 11) is 0. The minimum Gasteiger partial charge on any atom is -0.492 e. The summed E-state index contributed by atoms with van der Waals surface area (Å²) in [6, 6.07) is 5.99. The topological polar surface area (TPSA) is 76.2 Å². The second-order valence-corrected chi connectivity index (χ2v) is 4.04. The fourth-order valence-electron chi connectivity index (χ4n) is 1.58. The number of non-ortho nitro benzene ring substituents is 1. The number of hydrogen-bond acceptors (Lipinski definition) is 4. The number of nitrogens with zero attached hydrogens (tertiary/aromatic N) is 2. The lowest BCUT2D eigenvalue weighted by atomic mass is 10.1. The van der Waals surface area contributed by atoms with Crippen molar-refractivity contribution in [3.63, 3.8) is 0 Å². The number of rotatable bonds is 6. The Morgan fingerprint density at radius 2 is 2.11 bits per heavy atom. The van der Waals surface area contributed by atoms with Gasteiger partial charge in [0.05, 0.1) is 11.5 Å². The van der Waals surface area contributed by atoms with Crippen LogP contribution in [0.1, 0.15) is 32.3 Å². The molecule has 0 spiro atoms. The average Bonchev–Trinajstić information content (AvgIpc) is 2.39. The lowest BCUT2D eigenvalue weighted by molar-refractivity contribution is -0.384. The van der Waals surface area contributed by atoms with Crippen LogP contribution >= 0.6 is 0 Å². The Balaban J connectivity index is 2.84. The van der Waals surface area contributed by atoms with Crippen LogP contribution < -0.4 is 4.74 Å². The number of hydrogen-bond donors (Lipinski definition) is 0. The summed E-state index contributed by atoms with van der Waals surface area (Å²) in [5.41, 5.74) is 0.108. The van der Waals surface area contributed by atoms with Gasteiger partial charge in [0.1, 0.15) is 17.4 Å². The van der Waals surface area contributed by atoms with Crippen molar-refractivity contribution < 1.29 is 9.66 Å². The monoisotopic (exact) mass is 248 g/mol. The van der Waals surface area contributed by atoms with Crippen LogP contribution in [0.2, 0.25) is 0 Å². The Morgan fingerprint density at radius 1 is 1.44 bits per heavy atom. The van der Waals surface area contributed by atoms with E-state index in [0.717, 1.165) is 12.8 Å². The van der Waals surface area contributed by atoms with E-state index in [1.807, 2.05) is 6.07 Å². The van der Waals surface area contributed by atoms with Gasteiger partial charge >= 0.3 is 0 Å². The molecule has 18 heavy (non-hydrogen) atoms. The van der Waals surface area contributed by atoms with Gasteiger partial charge in [-0.1, -0.05) is 26.7 Å². The van der Waals surface area contributed by atoms with Crippen LogP contribution in [0.15, 0.2) is 18.2 Å². The van der Waals surface area contributed by atoms with E-state index in [-0.39, 0.29) is 11.3 Å². The maximum atomic E-state index is 10.6. The highest BCUT2D eigenvalue weighted by molar-refractivity contribution is 5.50. The van der Waals surface area contributed by atoms with Gasteiger partial charge in [0.15, 0.2) is 0 Å². The maximum Gasteiger partial charge on any atom is 0.271 e. The highest BCUT2D eigenvalue weighted by Crippen LogP contribution is 2.24. The fourth-order valence-corrected chi connectivity index (χ4v) is 1.58. The molecular weight excluding hydrogens is 232 g/mol. The van der Waals surface area contributed by atoms with E-state index in [4.69, 9.17) is 10.00 Å². The Hall–Kier alpha value is -2.09. The molecule has 0 aliphatic rings. The van der Waals surface area contributed by atoms with Crippen LogP contribution in [0, 0.1) is 27.4 Å². The smallest absolute Gasteiger partial charge is 0.271 e. The highest BCUT2D eigenvalue weighted by Gasteiger charge is 2.12. The molecule has 0 aliphatic carbocycles. The molecule has 96 valence electrons. The van der Waals surface area contributed by atoms with Crippen LogP contribution in [0.25, 0.3) is 0 Å². The molecule has 1 aromatic rings. The summed E-state index contributed by atoms with van der Waals surface area (Å²) in [6.45, 7) is 4.69. The Morgan fingerprint density at radius 3 is 2.61 bits per heavy atom. The van der Waals surface area contributed by atoms with Crippen molar-refractivity contribution in [2.24, 2.45) is 5.92 Å². The van der Waals surface area contributed by atoms with Crippen molar-refractivity contribution in [2.75, 3.05) is 6.61 Å². The molecule has 0 amide bonds. The molecule has 0 aliphatic heterocycles. The van der Waals surface area contributed by atoms with E-state index in [0.29, 0.717) is 18.3 Å². The van der Waals surface area contributed by atoms with Crippen molar-refractivity contribution in [2.45, 2.75) is 26.7 Å².